The standard InChI is InChI=1S/C39H59N4O16/c44-19-8-9-31(38(51)52)43-36(48)28-58-26-24-56-22-18-41-35(47)27-57-25-23-55-21-17-40-33(45)16-15-32(39(53)54)42-34(46)10-6-4-2-1-3-5-7-20-59-30-13-11-29(12-14-30)37(49)50/h11-14,31-32H,1-10,15-18,20-28H2,(H,40,45)(H,41,47)(H,42,46)(H,43,48)(H,49,50)(H,51,52)(H,53,54)/t31-,32+/m0/s1. The average Bonchev–Trinajstić information content (AvgIpc) is 3.20. The number of carboxylic acid groups (broad SMARTS) is 3. The molecule has 0 bridgehead atoms. The van der Waals surface area contributed by atoms with Gasteiger partial charge in [-0.15, -0.1) is 0 Å². The lowest BCUT2D eigenvalue weighted by molar-refractivity contribution is -0.143. The monoisotopic (exact) mass is 839 g/mol. The summed E-state index contributed by atoms with van der Waals surface area (Å²) in [5.41, 5.74) is 0.209. The van der Waals surface area contributed by atoms with Crippen molar-refractivity contribution in [2.45, 2.75) is 89.1 Å². The average molecular weight is 840 g/mol. The van der Waals surface area contributed by atoms with Gasteiger partial charge < -0.3 is 60.3 Å². The van der Waals surface area contributed by atoms with Crippen LogP contribution in [0.15, 0.2) is 24.3 Å². The molecule has 0 heterocycles. The predicted molar refractivity (Wildman–Crippen MR) is 208 cm³/mol. The van der Waals surface area contributed by atoms with Crippen LogP contribution in [0.4, 0.5) is 0 Å². The Morgan fingerprint density at radius 2 is 1.05 bits per heavy atom. The molecular weight excluding hydrogens is 780 g/mol. The van der Waals surface area contributed by atoms with Crippen LogP contribution in [-0.4, -0.2) is 148 Å². The first-order chi connectivity index (χ1) is 28.4. The van der Waals surface area contributed by atoms with Crippen LogP contribution in [0.5, 0.6) is 5.75 Å². The van der Waals surface area contributed by atoms with Gasteiger partial charge in [-0.1, -0.05) is 32.1 Å². The smallest absolute Gasteiger partial charge is 0.335 e. The number of ether oxygens (including phenoxy) is 5. The van der Waals surface area contributed by atoms with Crippen LogP contribution >= 0.6 is 0 Å². The van der Waals surface area contributed by atoms with E-state index in [9.17, 15) is 43.5 Å². The minimum atomic E-state index is -1.26. The van der Waals surface area contributed by atoms with Crippen molar-refractivity contribution < 1.29 is 77.4 Å². The van der Waals surface area contributed by atoms with Gasteiger partial charge in [-0.3, -0.25) is 24.0 Å². The highest BCUT2D eigenvalue weighted by Crippen LogP contribution is 2.14. The summed E-state index contributed by atoms with van der Waals surface area (Å²) in [5, 5.41) is 37.4. The Hall–Kier alpha value is -5.18. The summed E-state index contributed by atoms with van der Waals surface area (Å²) in [5.74, 6) is -4.63. The molecule has 20 nitrogen and oxygen atoms in total. The summed E-state index contributed by atoms with van der Waals surface area (Å²) in [6.45, 7) is 1.12. The summed E-state index contributed by atoms with van der Waals surface area (Å²) in [6, 6.07) is 3.88. The van der Waals surface area contributed by atoms with Crippen molar-refractivity contribution in [3.8, 4) is 5.75 Å². The number of aromatic carboxylic acids is 1. The summed E-state index contributed by atoms with van der Waals surface area (Å²) in [4.78, 5) is 91.9. The second-order valence-electron chi connectivity index (χ2n) is 13.1. The highest BCUT2D eigenvalue weighted by Gasteiger charge is 2.21. The van der Waals surface area contributed by atoms with Crippen LogP contribution in [0.3, 0.4) is 0 Å². The van der Waals surface area contributed by atoms with Gasteiger partial charge in [-0.2, -0.15) is 0 Å². The fourth-order valence-corrected chi connectivity index (χ4v) is 5.09. The molecule has 4 amide bonds. The minimum Gasteiger partial charge on any atom is -0.494 e. The molecule has 1 rings (SSSR count). The van der Waals surface area contributed by atoms with E-state index >= 15 is 0 Å². The molecule has 7 N–H and O–H groups in total. The summed E-state index contributed by atoms with van der Waals surface area (Å²) in [7, 11) is 0. The fraction of sp³-hybridized carbons (Fsp3) is 0.641. The van der Waals surface area contributed by atoms with E-state index in [0.29, 0.717) is 18.8 Å². The first-order valence-electron chi connectivity index (χ1n) is 19.6. The van der Waals surface area contributed by atoms with Gasteiger partial charge in [0, 0.05) is 32.4 Å². The van der Waals surface area contributed by atoms with E-state index in [1.165, 1.54) is 12.1 Å². The third-order valence-corrected chi connectivity index (χ3v) is 8.23. The van der Waals surface area contributed by atoms with E-state index in [4.69, 9.17) is 33.9 Å². The number of carbonyl (C=O) groups is 7. The second-order valence-corrected chi connectivity index (χ2v) is 13.1. The Balaban J connectivity index is 1.97. The van der Waals surface area contributed by atoms with E-state index in [1.54, 1.807) is 18.4 Å². The third-order valence-electron chi connectivity index (χ3n) is 8.23. The number of hydrogen-bond acceptors (Lipinski definition) is 13. The van der Waals surface area contributed by atoms with Crippen molar-refractivity contribution in [3.05, 3.63) is 29.8 Å². The molecule has 0 saturated heterocycles. The van der Waals surface area contributed by atoms with Gasteiger partial charge in [0.15, 0.2) is 6.29 Å². The summed E-state index contributed by atoms with van der Waals surface area (Å²) < 4.78 is 26.6. The van der Waals surface area contributed by atoms with Crippen molar-refractivity contribution >= 4 is 47.8 Å². The molecule has 0 unspecified atom stereocenters. The van der Waals surface area contributed by atoms with Crippen molar-refractivity contribution in [1.29, 1.82) is 0 Å². The zero-order chi connectivity index (χ0) is 43.5. The highest BCUT2D eigenvalue weighted by molar-refractivity contribution is 5.87. The number of aliphatic carboxylic acids is 2. The molecule has 0 aliphatic rings. The third kappa shape index (κ3) is 28.8. The first kappa shape index (κ1) is 51.8. The maximum atomic E-state index is 12.3. The van der Waals surface area contributed by atoms with Gasteiger partial charge >= 0.3 is 17.9 Å². The summed E-state index contributed by atoms with van der Waals surface area (Å²) >= 11 is 0. The molecule has 59 heavy (non-hydrogen) atoms. The van der Waals surface area contributed by atoms with Crippen molar-refractivity contribution in [2.24, 2.45) is 0 Å². The lowest BCUT2D eigenvalue weighted by Crippen LogP contribution is -2.42. The van der Waals surface area contributed by atoms with Gasteiger partial charge in [-0.25, -0.2) is 14.4 Å². The number of unbranched alkanes of at least 4 members (excludes halogenated alkanes) is 6. The SMILES string of the molecule is O=[C]CC[C@H](NC(=O)COCCOCCNC(=O)COCCOCCNC(=O)CC[C@@H](NC(=O)CCCCCCCCCOc1ccc(C(=O)O)cc1)C(=O)O)C(=O)O. The number of hydrogen-bond donors (Lipinski definition) is 7. The molecule has 20 heteroatoms. The Labute approximate surface area is 343 Å². The molecule has 1 aromatic carbocycles. The quantitative estimate of drug-likeness (QED) is 0.0457. The molecular formula is C39H59N4O16. The van der Waals surface area contributed by atoms with E-state index in [-0.39, 0.29) is 121 Å². The zero-order valence-corrected chi connectivity index (χ0v) is 33.4. The molecule has 0 saturated carbocycles. The van der Waals surface area contributed by atoms with Crippen molar-refractivity contribution in [1.82, 2.24) is 21.3 Å². The maximum Gasteiger partial charge on any atom is 0.335 e. The van der Waals surface area contributed by atoms with E-state index < -0.39 is 35.9 Å². The molecule has 0 aliphatic carbocycles. The van der Waals surface area contributed by atoms with Crippen LogP contribution in [0, 0.1) is 0 Å². The van der Waals surface area contributed by atoms with Crippen LogP contribution in [0.2, 0.25) is 0 Å². The molecule has 0 fully saturated rings. The lowest BCUT2D eigenvalue weighted by Gasteiger charge is -2.14. The predicted octanol–water partition coefficient (Wildman–Crippen LogP) is 0.992. The molecule has 1 aromatic rings. The zero-order valence-electron chi connectivity index (χ0n) is 33.4. The fourth-order valence-electron chi connectivity index (χ4n) is 5.09. The molecule has 0 aliphatic heterocycles. The van der Waals surface area contributed by atoms with Gasteiger partial charge in [-0.05, 0) is 49.9 Å². The normalized spacial score (nSPS) is 11.8. The number of nitrogens with one attached hydrogen (secondary N) is 4. The van der Waals surface area contributed by atoms with Gasteiger partial charge in [0.2, 0.25) is 23.6 Å². The van der Waals surface area contributed by atoms with Crippen molar-refractivity contribution in [3.63, 3.8) is 0 Å². The lowest BCUT2D eigenvalue weighted by atomic mass is 10.1. The van der Waals surface area contributed by atoms with Gasteiger partial charge in [0.1, 0.15) is 31.0 Å². The topological polar surface area (TPSA) is 292 Å². The maximum absolute atomic E-state index is 12.3. The van der Waals surface area contributed by atoms with Crippen LogP contribution in [0.1, 0.15) is 87.4 Å². The molecule has 0 aromatic heterocycles. The van der Waals surface area contributed by atoms with E-state index in [2.05, 4.69) is 21.3 Å². The molecule has 1 radical (unpaired) electrons. The van der Waals surface area contributed by atoms with E-state index in [0.717, 1.165) is 38.5 Å². The van der Waals surface area contributed by atoms with Gasteiger partial charge in [0.25, 0.3) is 0 Å². The Morgan fingerprint density at radius 3 is 1.63 bits per heavy atom. The molecule has 0 spiro atoms. The minimum absolute atomic E-state index is 0.0567. The van der Waals surface area contributed by atoms with Crippen LogP contribution < -0.4 is 26.0 Å². The number of carboxylic acids is 3. The second kappa shape index (κ2) is 33.8. The Kier molecular flexibility index (Phi) is 29.7. The van der Waals surface area contributed by atoms with Crippen LogP contribution in [0.25, 0.3) is 0 Å². The van der Waals surface area contributed by atoms with E-state index in [1.807, 2.05) is 0 Å². The summed E-state index contributed by atoms with van der Waals surface area (Å²) in [6.07, 6.45) is 7.66. The largest absolute Gasteiger partial charge is 0.494 e. The molecule has 2 atom stereocenters. The highest BCUT2D eigenvalue weighted by atomic mass is 16.5. The number of rotatable bonds is 38. The number of amides is 4. The number of carbonyl (C=O) groups excluding carboxylic acids is 5. The first-order valence-corrected chi connectivity index (χ1v) is 19.6. The number of benzene rings is 1. The molecule has 331 valence electrons. The van der Waals surface area contributed by atoms with Crippen LogP contribution in [-0.2, 0) is 52.5 Å². The van der Waals surface area contributed by atoms with Gasteiger partial charge in [0.05, 0.1) is 51.8 Å². The Morgan fingerprint density at radius 1 is 0.542 bits per heavy atom. The van der Waals surface area contributed by atoms with Crippen molar-refractivity contribution in [2.75, 3.05) is 72.6 Å². The Bertz CT molecular complexity index is 1410.